The highest BCUT2D eigenvalue weighted by Gasteiger charge is 2.85. The summed E-state index contributed by atoms with van der Waals surface area (Å²) in [6.45, 7) is 19.9. The van der Waals surface area contributed by atoms with Gasteiger partial charge >= 0.3 is 0 Å². The van der Waals surface area contributed by atoms with Crippen molar-refractivity contribution in [1.29, 1.82) is 0 Å². The molecule has 0 aromatic carbocycles. The smallest absolute Gasteiger partial charge is 0.170 e. The molecule has 3 N–H and O–H groups in total. The summed E-state index contributed by atoms with van der Waals surface area (Å²) in [4.78, 5) is 2.50. The van der Waals surface area contributed by atoms with E-state index in [4.69, 9.17) is 18.9 Å². The molecule has 7 aliphatic rings. The first kappa shape index (κ1) is 34.1. The van der Waals surface area contributed by atoms with Crippen molar-refractivity contribution in [3.05, 3.63) is 0 Å². The molecule has 14 atom stereocenters. The summed E-state index contributed by atoms with van der Waals surface area (Å²) >= 11 is 0. The second-order valence-corrected chi connectivity index (χ2v) is 18.5. The first-order chi connectivity index (χ1) is 21.6. The van der Waals surface area contributed by atoms with E-state index in [0.29, 0.717) is 41.0 Å². The molecule has 5 aliphatic carbocycles. The summed E-state index contributed by atoms with van der Waals surface area (Å²) in [6, 6.07) is 0.516. The monoisotopic (exact) mass is 647 g/mol. The van der Waals surface area contributed by atoms with Crippen LogP contribution in [0, 0.1) is 57.2 Å². The lowest BCUT2D eigenvalue weighted by Gasteiger charge is -2.60. The zero-order chi connectivity index (χ0) is 33.0. The van der Waals surface area contributed by atoms with Gasteiger partial charge in [0, 0.05) is 13.7 Å². The van der Waals surface area contributed by atoms with Crippen molar-refractivity contribution in [1.82, 2.24) is 4.90 Å². The second kappa shape index (κ2) is 11.6. The Balaban J connectivity index is 1.09. The zero-order valence-electron chi connectivity index (χ0n) is 30.0. The lowest BCUT2D eigenvalue weighted by molar-refractivity contribution is -0.254. The maximum atomic E-state index is 12.2. The van der Waals surface area contributed by atoms with Crippen molar-refractivity contribution < 1.29 is 34.3 Å². The first-order valence-corrected chi connectivity index (χ1v) is 18.8. The van der Waals surface area contributed by atoms with Gasteiger partial charge in [-0.3, -0.25) is 4.90 Å². The Bertz CT molecular complexity index is 1120. The van der Waals surface area contributed by atoms with Crippen LogP contribution in [0.2, 0.25) is 0 Å². The molecule has 5 unspecified atom stereocenters. The molecule has 2 saturated heterocycles. The van der Waals surface area contributed by atoms with E-state index in [9.17, 15) is 15.3 Å². The quantitative estimate of drug-likeness (QED) is 0.326. The van der Waals surface area contributed by atoms with E-state index in [1.54, 1.807) is 21.0 Å². The predicted octanol–water partition coefficient (Wildman–Crippen LogP) is 4.87. The van der Waals surface area contributed by atoms with Crippen LogP contribution in [0.4, 0.5) is 0 Å². The minimum Gasteiger partial charge on any atom is -0.390 e. The summed E-state index contributed by atoms with van der Waals surface area (Å²) in [5.74, 6) is 2.53. The van der Waals surface area contributed by atoms with E-state index < -0.39 is 17.8 Å². The predicted molar refractivity (Wildman–Crippen MR) is 176 cm³/mol. The van der Waals surface area contributed by atoms with Gasteiger partial charge in [-0.05, 0) is 122 Å². The van der Waals surface area contributed by atoms with Gasteiger partial charge in [-0.15, -0.1) is 0 Å². The largest absolute Gasteiger partial charge is 0.390 e. The van der Waals surface area contributed by atoms with Crippen LogP contribution in [-0.4, -0.2) is 103 Å². The van der Waals surface area contributed by atoms with Crippen LogP contribution in [0.5, 0.6) is 0 Å². The number of hydrogen-bond donors (Lipinski definition) is 3. The number of morpholine rings is 1. The number of methoxy groups -OCH3 is 1. The van der Waals surface area contributed by atoms with Crippen LogP contribution < -0.4 is 0 Å². The average Bonchev–Trinajstić information content (AvgIpc) is 3.40. The van der Waals surface area contributed by atoms with Crippen molar-refractivity contribution in [2.75, 3.05) is 40.0 Å². The highest BCUT2D eigenvalue weighted by Crippen LogP contribution is 2.89. The van der Waals surface area contributed by atoms with Gasteiger partial charge in [0.2, 0.25) is 0 Å². The Kier molecular flexibility index (Phi) is 8.62. The highest BCUT2D eigenvalue weighted by molar-refractivity contribution is 5.33. The van der Waals surface area contributed by atoms with Crippen LogP contribution >= 0.6 is 0 Å². The molecule has 8 nitrogen and oxygen atoms in total. The van der Waals surface area contributed by atoms with E-state index >= 15 is 0 Å². The number of rotatable bonds is 9. The van der Waals surface area contributed by atoms with E-state index in [-0.39, 0.29) is 47.1 Å². The van der Waals surface area contributed by atoms with Crippen molar-refractivity contribution in [2.24, 2.45) is 57.2 Å². The average molecular weight is 648 g/mol. The fourth-order valence-electron chi connectivity index (χ4n) is 13.8. The molecule has 0 aromatic rings. The van der Waals surface area contributed by atoms with E-state index in [1.165, 1.54) is 25.7 Å². The first-order valence-electron chi connectivity index (χ1n) is 18.8. The topological polar surface area (TPSA) is 101 Å². The molecular weight excluding hydrogens is 582 g/mol. The van der Waals surface area contributed by atoms with Gasteiger partial charge in [0.25, 0.3) is 0 Å². The minimum atomic E-state index is -1.11. The molecule has 46 heavy (non-hydrogen) atoms. The van der Waals surface area contributed by atoms with Crippen LogP contribution in [-0.2, 0) is 18.9 Å². The van der Waals surface area contributed by atoms with E-state index in [2.05, 4.69) is 39.5 Å². The molecule has 0 bridgehead atoms. The molecule has 2 aliphatic heterocycles. The van der Waals surface area contributed by atoms with Crippen molar-refractivity contribution in [3.63, 3.8) is 0 Å². The lowest BCUT2D eigenvalue weighted by atomic mass is 9.46. The third kappa shape index (κ3) is 4.73. The Labute approximate surface area is 278 Å². The standard InChI is InChI=1S/C38H65NO7/c1-22(9-12-27(40)35(5,6)42)30-33(43-8)32(41)31-25-10-11-26-34(3,4)28(46-29-19-39(17-18-45-29)24-20-44-21-24)13-14-38(26)23(2)37(25,38)16-15-36(30,31)7/h22-33,40-42H,9-21H2,1-8H3/t22-,23+,25+,26?,27+,28+,29?,30+,31?,32?,33+,36-,37+,38?/m1/s1. The number of nitrogens with zero attached hydrogens (tertiary/aromatic N) is 1. The molecule has 7 fully saturated rings. The van der Waals surface area contributed by atoms with Crippen LogP contribution in [0.3, 0.4) is 0 Å². The highest BCUT2D eigenvalue weighted by atomic mass is 16.7. The van der Waals surface area contributed by atoms with Gasteiger partial charge in [-0.1, -0.05) is 34.6 Å². The Morgan fingerprint density at radius 1 is 1.02 bits per heavy atom. The third-order valence-electron chi connectivity index (χ3n) is 16.1. The Morgan fingerprint density at radius 3 is 2.41 bits per heavy atom. The molecule has 0 radical (unpaired) electrons. The molecule has 2 heterocycles. The second-order valence-electron chi connectivity index (χ2n) is 18.5. The van der Waals surface area contributed by atoms with Crippen LogP contribution in [0.1, 0.15) is 99.8 Å². The van der Waals surface area contributed by atoms with Crippen LogP contribution in [0.15, 0.2) is 0 Å². The van der Waals surface area contributed by atoms with Gasteiger partial charge in [0.15, 0.2) is 6.29 Å². The number of aliphatic hydroxyl groups is 3. The summed E-state index contributed by atoms with van der Waals surface area (Å²) < 4.78 is 24.8. The lowest BCUT2D eigenvalue weighted by Crippen LogP contribution is -2.58. The summed E-state index contributed by atoms with van der Waals surface area (Å²) in [5, 5.41) is 33.2. The van der Waals surface area contributed by atoms with Crippen molar-refractivity contribution >= 4 is 0 Å². The third-order valence-corrected chi connectivity index (χ3v) is 16.1. The van der Waals surface area contributed by atoms with Gasteiger partial charge in [0.1, 0.15) is 0 Å². The van der Waals surface area contributed by atoms with E-state index in [0.717, 1.165) is 52.2 Å². The number of aliphatic hydroxyl groups excluding tert-OH is 2. The van der Waals surface area contributed by atoms with Gasteiger partial charge in [-0.25, -0.2) is 0 Å². The van der Waals surface area contributed by atoms with E-state index in [1.807, 2.05) is 0 Å². The molecule has 0 amide bonds. The molecule has 8 heteroatoms. The Hall–Kier alpha value is -0.320. The summed E-state index contributed by atoms with van der Waals surface area (Å²) in [7, 11) is 1.78. The molecule has 5 saturated carbocycles. The van der Waals surface area contributed by atoms with Crippen molar-refractivity contribution in [3.8, 4) is 0 Å². The maximum absolute atomic E-state index is 12.2. The number of ether oxygens (including phenoxy) is 4. The minimum absolute atomic E-state index is 0.00302. The molecule has 0 aromatic heterocycles. The summed E-state index contributed by atoms with van der Waals surface area (Å²) in [6.07, 6.45) is 7.05. The maximum Gasteiger partial charge on any atom is 0.170 e. The van der Waals surface area contributed by atoms with Gasteiger partial charge < -0.3 is 34.3 Å². The summed E-state index contributed by atoms with van der Waals surface area (Å²) in [5.41, 5.74) is -0.432. The van der Waals surface area contributed by atoms with Crippen LogP contribution in [0.25, 0.3) is 0 Å². The fourth-order valence-corrected chi connectivity index (χ4v) is 13.8. The van der Waals surface area contributed by atoms with Gasteiger partial charge in [-0.2, -0.15) is 0 Å². The number of hydrogen-bond acceptors (Lipinski definition) is 8. The molecule has 7 rings (SSSR count). The Morgan fingerprint density at radius 2 is 1.76 bits per heavy atom. The molecular formula is C38H65NO7. The SMILES string of the molecule is CO[C@@H]1C(O)C2[C@@H]3CCC4C(C)(C)[C@@H](OC5CN(C6COC6)CCO5)CCC45[C@@H](C)[C@@]35CC[C@]2(C)[C@H]1[C@H](C)CC[C@H](O)C(C)(C)O. The van der Waals surface area contributed by atoms with Gasteiger partial charge in [0.05, 0.1) is 62.4 Å². The fraction of sp³-hybridized carbons (Fsp3) is 1.00. The molecule has 264 valence electrons. The van der Waals surface area contributed by atoms with Crippen molar-refractivity contribution in [2.45, 2.75) is 142 Å². The zero-order valence-corrected chi connectivity index (χ0v) is 30.0. The normalized spacial score (nSPS) is 50.0. The number of fused-ring (bicyclic) bond motifs is 2. The molecule has 2 spiro atoms.